The van der Waals surface area contributed by atoms with Gasteiger partial charge in [0.15, 0.2) is 0 Å². The van der Waals surface area contributed by atoms with E-state index in [0.717, 1.165) is 0 Å². The van der Waals surface area contributed by atoms with Gasteiger partial charge in [0.1, 0.15) is 24.5 Å². The largest absolute Gasteiger partial charge is 0.489 e. The second-order valence-electron chi connectivity index (χ2n) is 4.45. The summed E-state index contributed by atoms with van der Waals surface area (Å²) >= 11 is 0. The van der Waals surface area contributed by atoms with Crippen molar-refractivity contribution in [2.24, 2.45) is 0 Å². The Labute approximate surface area is 122 Å². The van der Waals surface area contributed by atoms with Crippen molar-refractivity contribution in [1.82, 2.24) is 4.90 Å². The van der Waals surface area contributed by atoms with Crippen LogP contribution in [0.3, 0.4) is 0 Å². The lowest BCUT2D eigenvalue weighted by Crippen LogP contribution is -2.39. The van der Waals surface area contributed by atoms with Crippen LogP contribution in [0, 0.1) is 11.3 Å². The van der Waals surface area contributed by atoms with Crippen LogP contribution in [0.25, 0.3) is 0 Å². The molecule has 0 radical (unpaired) electrons. The Morgan fingerprint density at radius 2 is 2.00 bits per heavy atom. The predicted octanol–water partition coefficient (Wildman–Crippen LogP) is 0.857. The summed E-state index contributed by atoms with van der Waals surface area (Å²) in [5.41, 5.74) is 0.337. The molecule has 5 nitrogen and oxygen atoms in total. The zero-order chi connectivity index (χ0) is 15.7. The smallest absolute Gasteiger partial charge is 0.251 e. The summed E-state index contributed by atoms with van der Waals surface area (Å²) in [6.45, 7) is -0.899. The topological polar surface area (TPSA) is 76.7 Å². The molecule has 116 valence electrons. The van der Waals surface area contributed by atoms with Crippen LogP contribution >= 0.6 is 0 Å². The first-order valence-electron chi connectivity index (χ1n) is 6.48. The molecule has 1 unspecified atom stereocenters. The number of rotatable bonds is 9. The molecule has 1 rings (SSSR count). The molecule has 21 heavy (non-hydrogen) atoms. The van der Waals surface area contributed by atoms with E-state index in [2.05, 4.69) is 0 Å². The van der Waals surface area contributed by atoms with Gasteiger partial charge in [-0.3, -0.25) is 4.90 Å². The third-order valence-electron chi connectivity index (χ3n) is 2.72. The van der Waals surface area contributed by atoms with Crippen molar-refractivity contribution in [2.75, 3.05) is 32.8 Å². The predicted molar refractivity (Wildman–Crippen MR) is 72.2 cm³/mol. The average Bonchev–Trinajstić information content (AvgIpc) is 2.45. The number of aliphatic hydroxyl groups excluding tert-OH is 2. The van der Waals surface area contributed by atoms with Crippen LogP contribution in [0.15, 0.2) is 24.3 Å². The second-order valence-corrected chi connectivity index (χ2v) is 4.45. The molecule has 0 saturated carbocycles. The van der Waals surface area contributed by atoms with Gasteiger partial charge in [0, 0.05) is 13.1 Å². The molecule has 2 N–H and O–H groups in total. The van der Waals surface area contributed by atoms with Crippen molar-refractivity contribution < 1.29 is 23.7 Å². The number of nitriles is 1. The SMILES string of the molecule is N#Cc1ccccc1OCC(O)CN(CCO)CC(F)F. The summed E-state index contributed by atoms with van der Waals surface area (Å²) in [7, 11) is 0. The first-order valence-corrected chi connectivity index (χ1v) is 6.48. The van der Waals surface area contributed by atoms with Gasteiger partial charge in [-0.1, -0.05) is 12.1 Å². The van der Waals surface area contributed by atoms with Gasteiger partial charge < -0.3 is 14.9 Å². The van der Waals surface area contributed by atoms with Gasteiger partial charge >= 0.3 is 0 Å². The van der Waals surface area contributed by atoms with Crippen molar-refractivity contribution in [3.05, 3.63) is 29.8 Å². The van der Waals surface area contributed by atoms with Crippen LogP contribution in [-0.4, -0.2) is 60.5 Å². The van der Waals surface area contributed by atoms with Gasteiger partial charge in [-0.15, -0.1) is 0 Å². The maximum absolute atomic E-state index is 12.3. The summed E-state index contributed by atoms with van der Waals surface area (Å²) in [6.07, 6.45) is -3.54. The van der Waals surface area contributed by atoms with Gasteiger partial charge in [-0.2, -0.15) is 5.26 Å². The van der Waals surface area contributed by atoms with Crippen LogP contribution in [0.4, 0.5) is 8.78 Å². The monoisotopic (exact) mass is 300 g/mol. The first-order chi connectivity index (χ1) is 10.1. The number of nitrogens with zero attached hydrogens (tertiary/aromatic N) is 2. The van der Waals surface area contributed by atoms with Gasteiger partial charge in [0.2, 0.25) is 0 Å². The molecular weight excluding hydrogens is 282 g/mol. The number of alkyl halides is 2. The molecule has 0 saturated heterocycles. The van der Waals surface area contributed by atoms with E-state index in [1.165, 1.54) is 4.90 Å². The van der Waals surface area contributed by atoms with Crippen molar-refractivity contribution in [3.63, 3.8) is 0 Å². The fourth-order valence-corrected chi connectivity index (χ4v) is 1.82. The van der Waals surface area contributed by atoms with Crippen molar-refractivity contribution in [2.45, 2.75) is 12.5 Å². The number of hydrogen-bond donors (Lipinski definition) is 2. The molecule has 0 fully saturated rings. The summed E-state index contributed by atoms with van der Waals surface area (Å²) < 4.78 is 30.0. The van der Waals surface area contributed by atoms with E-state index in [1.54, 1.807) is 24.3 Å². The quantitative estimate of drug-likeness (QED) is 0.707. The third-order valence-corrected chi connectivity index (χ3v) is 2.72. The first kappa shape index (κ1) is 17.3. The van der Waals surface area contributed by atoms with E-state index < -0.39 is 19.1 Å². The summed E-state index contributed by atoms with van der Waals surface area (Å²) in [5.74, 6) is 0.335. The highest BCUT2D eigenvalue weighted by molar-refractivity contribution is 5.42. The Bertz CT molecular complexity index is 466. The van der Waals surface area contributed by atoms with Crippen LogP contribution in [0.2, 0.25) is 0 Å². The molecule has 0 amide bonds. The number of halogens is 2. The lowest BCUT2D eigenvalue weighted by atomic mass is 10.2. The highest BCUT2D eigenvalue weighted by Crippen LogP contribution is 2.16. The van der Waals surface area contributed by atoms with Crippen LogP contribution in [0.5, 0.6) is 5.75 Å². The van der Waals surface area contributed by atoms with Crippen LogP contribution in [-0.2, 0) is 0 Å². The number of ether oxygens (including phenoxy) is 1. The highest BCUT2D eigenvalue weighted by Gasteiger charge is 2.16. The van der Waals surface area contributed by atoms with Crippen LogP contribution < -0.4 is 4.74 Å². The molecule has 0 aliphatic carbocycles. The Morgan fingerprint density at radius 1 is 1.29 bits per heavy atom. The minimum Gasteiger partial charge on any atom is -0.489 e. The second kappa shape index (κ2) is 9.23. The minimum atomic E-state index is -2.54. The number of para-hydroxylation sites is 1. The zero-order valence-corrected chi connectivity index (χ0v) is 11.5. The van der Waals surface area contributed by atoms with E-state index in [-0.39, 0.29) is 26.3 Å². The maximum Gasteiger partial charge on any atom is 0.251 e. The molecule has 7 heteroatoms. The molecule has 1 aromatic rings. The third kappa shape index (κ3) is 6.49. The van der Waals surface area contributed by atoms with Gasteiger partial charge in [-0.05, 0) is 12.1 Å². The molecular formula is C14H18F2N2O3. The van der Waals surface area contributed by atoms with Crippen molar-refractivity contribution >= 4 is 0 Å². The molecule has 0 spiro atoms. The molecule has 0 aliphatic rings. The lowest BCUT2D eigenvalue weighted by Gasteiger charge is -2.24. The molecule has 0 aliphatic heterocycles. The Morgan fingerprint density at radius 3 is 2.62 bits per heavy atom. The summed E-state index contributed by atoms with van der Waals surface area (Å²) in [5, 5.41) is 27.5. The highest BCUT2D eigenvalue weighted by atomic mass is 19.3. The summed E-state index contributed by atoms with van der Waals surface area (Å²) in [6, 6.07) is 8.51. The van der Waals surface area contributed by atoms with Crippen molar-refractivity contribution in [3.8, 4) is 11.8 Å². The Hall–Kier alpha value is -1.75. The molecule has 0 bridgehead atoms. The standard InChI is InChI=1S/C14H18F2N2O3/c15-14(16)9-18(5-6-19)8-12(20)10-21-13-4-2-1-3-11(13)7-17/h1-4,12,14,19-20H,5-6,8-10H2. The fraction of sp³-hybridized carbons (Fsp3) is 0.500. The zero-order valence-electron chi connectivity index (χ0n) is 11.5. The number of benzene rings is 1. The minimum absolute atomic E-state index is 0.0420. The molecule has 1 atom stereocenters. The maximum atomic E-state index is 12.3. The molecule has 0 aromatic heterocycles. The lowest BCUT2D eigenvalue weighted by molar-refractivity contribution is 0.0297. The molecule has 0 heterocycles. The van der Waals surface area contributed by atoms with Gasteiger partial charge in [0.25, 0.3) is 6.43 Å². The fourth-order valence-electron chi connectivity index (χ4n) is 1.82. The Balaban J connectivity index is 2.48. The molecule has 1 aromatic carbocycles. The van der Waals surface area contributed by atoms with Gasteiger partial charge in [-0.25, -0.2) is 8.78 Å². The normalized spacial score (nSPS) is 12.4. The van der Waals surface area contributed by atoms with E-state index in [1.807, 2.05) is 6.07 Å². The number of hydrogen-bond acceptors (Lipinski definition) is 5. The number of aliphatic hydroxyl groups is 2. The van der Waals surface area contributed by atoms with E-state index in [4.69, 9.17) is 15.1 Å². The average molecular weight is 300 g/mol. The van der Waals surface area contributed by atoms with Crippen LogP contribution in [0.1, 0.15) is 5.56 Å². The van der Waals surface area contributed by atoms with E-state index >= 15 is 0 Å². The van der Waals surface area contributed by atoms with E-state index in [0.29, 0.717) is 11.3 Å². The van der Waals surface area contributed by atoms with E-state index in [9.17, 15) is 13.9 Å². The summed E-state index contributed by atoms with van der Waals surface area (Å²) in [4.78, 5) is 1.26. The Kier molecular flexibility index (Phi) is 7.61. The van der Waals surface area contributed by atoms with Gasteiger partial charge in [0.05, 0.1) is 18.7 Å². The van der Waals surface area contributed by atoms with Crippen molar-refractivity contribution in [1.29, 1.82) is 5.26 Å².